The molecule has 1 saturated heterocycles. The molecule has 1 saturated carbocycles. The van der Waals surface area contributed by atoms with Gasteiger partial charge in [0.2, 0.25) is 0 Å². The predicted octanol–water partition coefficient (Wildman–Crippen LogP) is 3.14. The van der Waals surface area contributed by atoms with E-state index in [1.54, 1.807) is 12.1 Å². The highest BCUT2D eigenvalue weighted by molar-refractivity contribution is 6.32. The third-order valence-corrected chi connectivity index (χ3v) is 4.18. The summed E-state index contributed by atoms with van der Waals surface area (Å²) in [6, 6.07) is 5.61. The molecule has 104 valence electrons. The number of anilines is 1. The Morgan fingerprint density at radius 2 is 1.89 bits per heavy atom. The van der Waals surface area contributed by atoms with Crippen molar-refractivity contribution < 1.29 is 14.6 Å². The van der Waals surface area contributed by atoms with Crippen LogP contribution < -0.4 is 5.32 Å². The number of aromatic hydroxyl groups is 1. The number of hydrogen-bond donors (Lipinski definition) is 2. The van der Waals surface area contributed by atoms with Gasteiger partial charge in [0.1, 0.15) is 5.75 Å². The molecule has 1 aliphatic heterocycles. The molecule has 1 aromatic rings. The lowest BCUT2D eigenvalue weighted by atomic mass is 9.90. The van der Waals surface area contributed by atoms with Crippen molar-refractivity contribution in [2.75, 3.05) is 18.5 Å². The minimum absolute atomic E-state index is 0.113. The molecular formula is C14H18ClNO3. The molecule has 1 aliphatic carbocycles. The molecule has 0 radical (unpaired) electrons. The SMILES string of the molecule is Oc1ccc(NC2CCC3(CC2)OCCO3)cc1Cl. The summed E-state index contributed by atoms with van der Waals surface area (Å²) in [5.74, 6) is -0.201. The molecule has 2 aliphatic rings. The van der Waals surface area contributed by atoms with E-state index in [9.17, 15) is 5.11 Å². The molecule has 2 fully saturated rings. The van der Waals surface area contributed by atoms with Gasteiger partial charge in [-0.2, -0.15) is 0 Å². The maximum Gasteiger partial charge on any atom is 0.168 e. The Morgan fingerprint density at radius 3 is 2.53 bits per heavy atom. The van der Waals surface area contributed by atoms with Crippen molar-refractivity contribution in [1.29, 1.82) is 0 Å². The number of nitrogens with one attached hydrogen (secondary N) is 1. The van der Waals surface area contributed by atoms with Crippen LogP contribution >= 0.6 is 11.6 Å². The Bertz CT molecular complexity index is 450. The van der Waals surface area contributed by atoms with Gasteiger partial charge in [0.05, 0.1) is 18.2 Å². The number of phenolic OH excluding ortho intramolecular Hbond substituents is 1. The summed E-state index contributed by atoms with van der Waals surface area (Å²) < 4.78 is 11.4. The smallest absolute Gasteiger partial charge is 0.168 e. The van der Waals surface area contributed by atoms with Crippen molar-refractivity contribution in [2.45, 2.75) is 37.5 Å². The van der Waals surface area contributed by atoms with E-state index in [1.165, 1.54) is 0 Å². The zero-order chi connectivity index (χ0) is 13.3. The molecule has 0 amide bonds. The zero-order valence-electron chi connectivity index (χ0n) is 10.7. The van der Waals surface area contributed by atoms with Gasteiger partial charge < -0.3 is 19.9 Å². The van der Waals surface area contributed by atoms with Crippen molar-refractivity contribution in [3.05, 3.63) is 23.2 Å². The molecule has 1 spiro atoms. The van der Waals surface area contributed by atoms with E-state index in [0.717, 1.165) is 31.4 Å². The third-order valence-electron chi connectivity index (χ3n) is 3.88. The Balaban J connectivity index is 1.58. The average Bonchev–Trinajstić information content (AvgIpc) is 2.86. The van der Waals surface area contributed by atoms with Crippen LogP contribution in [0.15, 0.2) is 18.2 Å². The normalized spacial score (nSPS) is 22.8. The Hall–Kier alpha value is -0.970. The molecule has 3 rings (SSSR count). The Morgan fingerprint density at radius 1 is 1.21 bits per heavy atom. The molecule has 19 heavy (non-hydrogen) atoms. The lowest BCUT2D eigenvalue weighted by molar-refractivity contribution is -0.177. The number of phenols is 1. The fraction of sp³-hybridized carbons (Fsp3) is 0.571. The van der Waals surface area contributed by atoms with Crippen LogP contribution in [0.5, 0.6) is 5.75 Å². The number of benzene rings is 1. The average molecular weight is 284 g/mol. The molecule has 4 nitrogen and oxygen atoms in total. The second kappa shape index (κ2) is 5.19. The van der Waals surface area contributed by atoms with Crippen LogP contribution in [0.25, 0.3) is 0 Å². The molecule has 0 bridgehead atoms. The third kappa shape index (κ3) is 2.81. The quantitative estimate of drug-likeness (QED) is 0.819. The van der Waals surface area contributed by atoms with Gasteiger partial charge in [0.15, 0.2) is 5.79 Å². The maximum atomic E-state index is 9.40. The monoisotopic (exact) mass is 283 g/mol. The predicted molar refractivity (Wildman–Crippen MR) is 73.6 cm³/mol. The summed E-state index contributed by atoms with van der Waals surface area (Å²) in [6.07, 6.45) is 3.88. The van der Waals surface area contributed by atoms with Gasteiger partial charge in [-0.25, -0.2) is 0 Å². The van der Waals surface area contributed by atoms with Gasteiger partial charge in [-0.15, -0.1) is 0 Å². The van der Waals surface area contributed by atoms with Crippen LogP contribution in [0.3, 0.4) is 0 Å². The van der Waals surface area contributed by atoms with Gasteiger partial charge in [-0.1, -0.05) is 11.6 Å². The maximum absolute atomic E-state index is 9.40. The largest absolute Gasteiger partial charge is 0.506 e. The number of hydrogen-bond acceptors (Lipinski definition) is 4. The topological polar surface area (TPSA) is 50.7 Å². The molecule has 1 heterocycles. The standard InChI is InChI=1S/C14H18ClNO3/c15-12-9-11(1-2-13(12)17)16-10-3-5-14(6-4-10)18-7-8-19-14/h1-2,9-10,16-17H,3-8H2. The summed E-state index contributed by atoms with van der Waals surface area (Å²) in [6.45, 7) is 1.43. The molecule has 0 atom stereocenters. The lowest BCUT2D eigenvalue weighted by Crippen LogP contribution is -2.39. The first-order valence-corrected chi connectivity index (χ1v) is 7.08. The summed E-state index contributed by atoms with van der Waals surface area (Å²) in [5, 5.41) is 13.2. The first-order valence-electron chi connectivity index (χ1n) is 6.70. The fourth-order valence-electron chi connectivity index (χ4n) is 2.82. The van der Waals surface area contributed by atoms with E-state index in [0.29, 0.717) is 24.3 Å². The minimum atomic E-state index is -0.315. The molecule has 0 aromatic heterocycles. The number of rotatable bonds is 2. The van der Waals surface area contributed by atoms with E-state index in [4.69, 9.17) is 21.1 Å². The molecule has 5 heteroatoms. The van der Waals surface area contributed by atoms with Crippen molar-refractivity contribution in [1.82, 2.24) is 0 Å². The van der Waals surface area contributed by atoms with Crippen LogP contribution in [0.1, 0.15) is 25.7 Å². The second-order valence-corrected chi connectivity index (χ2v) is 5.60. The van der Waals surface area contributed by atoms with Crippen molar-refractivity contribution in [2.24, 2.45) is 0 Å². The highest BCUT2D eigenvalue weighted by Gasteiger charge is 2.40. The number of halogens is 1. The van der Waals surface area contributed by atoms with E-state index in [2.05, 4.69) is 5.32 Å². The lowest BCUT2D eigenvalue weighted by Gasteiger charge is -2.36. The summed E-state index contributed by atoms with van der Waals surface area (Å²) in [5.41, 5.74) is 0.942. The van der Waals surface area contributed by atoms with E-state index < -0.39 is 0 Å². The van der Waals surface area contributed by atoms with Gasteiger partial charge in [-0.3, -0.25) is 0 Å². The Labute approximate surface area is 117 Å². The highest BCUT2D eigenvalue weighted by Crippen LogP contribution is 2.37. The van der Waals surface area contributed by atoms with Gasteiger partial charge >= 0.3 is 0 Å². The fourth-order valence-corrected chi connectivity index (χ4v) is 3.00. The van der Waals surface area contributed by atoms with Gasteiger partial charge in [0.25, 0.3) is 0 Å². The van der Waals surface area contributed by atoms with E-state index in [-0.39, 0.29) is 11.5 Å². The van der Waals surface area contributed by atoms with Crippen LogP contribution in [-0.2, 0) is 9.47 Å². The van der Waals surface area contributed by atoms with Crippen molar-refractivity contribution in [3.8, 4) is 5.75 Å². The van der Waals surface area contributed by atoms with Gasteiger partial charge in [-0.05, 0) is 31.0 Å². The van der Waals surface area contributed by atoms with E-state index >= 15 is 0 Å². The first kappa shape index (κ1) is 13.0. The van der Waals surface area contributed by atoms with Gasteiger partial charge in [0, 0.05) is 24.6 Å². The molecule has 1 aromatic carbocycles. The zero-order valence-corrected chi connectivity index (χ0v) is 11.4. The molecule has 0 unspecified atom stereocenters. The van der Waals surface area contributed by atoms with Crippen molar-refractivity contribution >= 4 is 17.3 Å². The van der Waals surface area contributed by atoms with Crippen LogP contribution in [-0.4, -0.2) is 30.1 Å². The number of ether oxygens (including phenoxy) is 2. The minimum Gasteiger partial charge on any atom is -0.506 e. The summed E-state index contributed by atoms with van der Waals surface area (Å²) in [4.78, 5) is 0. The van der Waals surface area contributed by atoms with E-state index in [1.807, 2.05) is 6.07 Å². The highest BCUT2D eigenvalue weighted by atomic mass is 35.5. The first-order chi connectivity index (χ1) is 9.17. The second-order valence-electron chi connectivity index (χ2n) is 5.19. The van der Waals surface area contributed by atoms with Crippen LogP contribution in [0.2, 0.25) is 5.02 Å². The van der Waals surface area contributed by atoms with Crippen LogP contribution in [0, 0.1) is 0 Å². The van der Waals surface area contributed by atoms with Crippen molar-refractivity contribution in [3.63, 3.8) is 0 Å². The molecular weight excluding hydrogens is 266 g/mol. The summed E-state index contributed by atoms with van der Waals surface area (Å²) >= 11 is 5.90. The molecule has 2 N–H and O–H groups in total. The summed E-state index contributed by atoms with van der Waals surface area (Å²) in [7, 11) is 0. The van der Waals surface area contributed by atoms with Crippen LogP contribution in [0.4, 0.5) is 5.69 Å². The Kier molecular flexibility index (Phi) is 3.56.